The molecule has 0 aliphatic carbocycles. The van der Waals surface area contributed by atoms with Crippen molar-refractivity contribution in [1.29, 1.82) is 0 Å². The Kier molecular flexibility index (Phi) is 1.12. The Labute approximate surface area is 47.0 Å². The Morgan fingerprint density at radius 3 is 2.38 bits per heavy atom. The molecule has 3 nitrogen and oxygen atoms in total. The second-order valence-electron chi connectivity index (χ2n) is 1.33. The first kappa shape index (κ1) is 5.03. The largest absolute Gasteiger partial charge is 0.492 e. The molecule has 0 aliphatic rings. The Morgan fingerprint density at radius 2 is 2.00 bits per heavy atom. The zero-order valence-corrected chi connectivity index (χ0v) is 4.20. The molecule has 8 heavy (non-hydrogen) atoms. The standard InChI is InChI=1S/C5H5N2O/c1-4-5(8)7-3-2-6-4/h2-3H,1H2,(H,7,8). The quantitative estimate of drug-likeness (QED) is 0.523. The topological polar surface area (TPSA) is 46.0 Å². The summed E-state index contributed by atoms with van der Waals surface area (Å²) in [7, 11) is 0. The number of hydrogen-bond acceptors (Lipinski definition) is 3. The molecule has 1 aromatic rings. The molecule has 0 spiro atoms. The minimum Gasteiger partial charge on any atom is -0.492 e. The number of rotatable bonds is 0. The van der Waals surface area contributed by atoms with Crippen LogP contribution in [0.2, 0.25) is 0 Å². The Morgan fingerprint density at radius 1 is 1.38 bits per heavy atom. The fourth-order valence-corrected chi connectivity index (χ4v) is 0.359. The van der Waals surface area contributed by atoms with E-state index in [0.29, 0.717) is 5.69 Å². The first-order valence-corrected chi connectivity index (χ1v) is 2.12. The van der Waals surface area contributed by atoms with Gasteiger partial charge >= 0.3 is 0 Å². The van der Waals surface area contributed by atoms with Gasteiger partial charge in [0.15, 0.2) is 0 Å². The third-order valence-electron chi connectivity index (χ3n) is 0.752. The first-order valence-electron chi connectivity index (χ1n) is 2.12. The molecular weight excluding hydrogens is 104 g/mol. The van der Waals surface area contributed by atoms with Gasteiger partial charge in [0.25, 0.3) is 0 Å². The predicted molar refractivity (Wildman–Crippen MR) is 28.2 cm³/mol. The van der Waals surface area contributed by atoms with Gasteiger partial charge in [0.2, 0.25) is 5.88 Å². The SMILES string of the molecule is [CH2]c1nccnc1O. The van der Waals surface area contributed by atoms with Crippen molar-refractivity contribution in [2.45, 2.75) is 0 Å². The highest BCUT2D eigenvalue weighted by molar-refractivity contribution is 5.17. The van der Waals surface area contributed by atoms with E-state index in [2.05, 4.69) is 16.9 Å². The van der Waals surface area contributed by atoms with Gasteiger partial charge in [0.05, 0.1) is 0 Å². The lowest BCUT2D eigenvalue weighted by atomic mass is 10.5. The second kappa shape index (κ2) is 1.78. The van der Waals surface area contributed by atoms with Gasteiger partial charge in [0.1, 0.15) is 5.69 Å². The van der Waals surface area contributed by atoms with Crippen LogP contribution in [-0.4, -0.2) is 15.1 Å². The maximum Gasteiger partial charge on any atom is 0.233 e. The van der Waals surface area contributed by atoms with E-state index in [1.54, 1.807) is 0 Å². The van der Waals surface area contributed by atoms with Crippen LogP contribution in [0.3, 0.4) is 0 Å². The molecule has 41 valence electrons. The van der Waals surface area contributed by atoms with Crippen LogP contribution in [0.5, 0.6) is 5.88 Å². The van der Waals surface area contributed by atoms with Crippen LogP contribution in [0.15, 0.2) is 12.4 Å². The van der Waals surface area contributed by atoms with Crippen molar-refractivity contribution in [1.82, 2.24) is 9.97 Å². The number of aromatic hydroxyl groups is 1. The van der Waals surface area contributed by atoms with Gasteiger partial charge < -0.3 is 5.11 Å². The molecule has 0 amide bonds. The molecule has 0 saturated heterocycles. The molecule has 0 aromatic carbocycles. The summed E-state index contributed by atoms with van der Waals surface area (Å²) in [4.78, 5) is 7.16. The van der Waals surface area contributed by atoms with Crippen molar-refractivity contribution in [2.75, 3.05) is 0 Å². The smallest absolute Gasteiger partial charge is 0.233 e. The van der Waals surface area contributed by atoms with E-state index in [-0.39, 0.29) is 5.88 Å². The van der Waals surface area contributed by atoms with Crippen molar-refractivity contribution in [3.8, 4) is 5.88 Å². The molecule has 1 radical (unpaired) electrons. The highest BCUT2D eigenvalue weighted by atomic mass is 16.3. The van der Waals surface area contributed by atoms with E-state index >= 15 is 0 Å². The molecule has 1 rings (SSSR count). The summed E-state index contributed by atoms with van der Waals surface area (Å²) < 4.78 is 0. The van der Waals surface area contributed by atoms with Gasteiger partial charge in [-0.25, -0.2) is 4.98 Å². The van der Waals surface area contributed by atoms with Crippen molar-refractivity contribution >= 4 is 0 Å². The van der Waals surface area contributed by atoms with Crippen LogP contribution < -0.4 is 0 Å². The molecule has 0 fully saturated rings. The monoisotopic (exact) mass is 109 g/mol. The molecule has 0 atom stereocenters. The highest BCUT2D eigenvalue weighted by Gasteiger charge is 1.91. The van der Waals surface area contributed by atoms with Crippen molar-refractivity contribution < 1.29 is 5.11 Å². The normalized spacial score (nSPS) is 9.12. The molecule has 0 bridgehead atoms. The fourth-order valence-electron chi connectivity index (χ4n) is 0.359. The zero-order valence-electron chi connectivity index (χ0n) is 4.20. The molecule has 0 saturated carbocycles. The third kappa shape index (κ3) is 0.753. The Balaban J connectivity index is 3.13. The Hall–Kier alpha value is -1.12. The summed E-state index contributed by atoms with van der Waals surface area (Å²) in [5, 5.41) is 8.68. The summed E-state index contributed by atoms with van der Waals surface area (Å²) in [6, 6.07) is 0. The minimum atomic E-state index is -0.104. The number of hydrogen-bond donors (Lipinski definition) is 1. The molecule has 1 aromatic heterocycles. The highest BCUT2D eigenvalue weighted by Crippen LogP contribution is 2.03. The number of nitrogens with zero attached hydrogens (tertiary/aromatic N) is 2. The predicted octanol–water partition coefficient (Wildman–Crippen LogP) is 0.364. The summed E-state index contributed by atoms with van der Waals surface area (Å²) >= 11 is 0. The van der Waals surface area contributed by atoms with Crippen LogP contribution in [0, 0.1) is 6.92 Å². The maximum absolute atomic E-state index is 8.68. The van der Waals surface area contributed by atoms with Crippen LogP contribution in [0.1, 0.15) is 5.69 Å². The van der Waals surface area contributed by atoms with Crippen LogP contribution in [-0.2, 0) is 0 Å². The first-order chi connectivity index (χ1) is 3.80. The van der Waals surface area contributed by atoms with Crippen molar-refractivity contribution in [2.24, 2.45) is 0 Å². The van der Waals surface area contributed by atoms with Crippen LogP contribution >= 0.6 is 0 Å². The minimum absolute atomic E-state index is 0.104. The molecule has 0 aliphatic heterocycles. The zero-order chi connectivity index (χ0) is 5.98. The summed E-state index contributed by atoms with van der Waals surface area (Å²) in [5.41, 5.74) is 0.313. The lowest BCUT2D eigenvalue weighted by molar-refractivity contribution is 0.447. The van der Waals surface area contributed by atoms with E-state index in [4.69, 9.17) is 5.11 Å². The van der Waals surface area contributed by atoms with Crippen molar-refractivity contribution in [3.63, 3.8) is 0 Å². The van der Waals surface area contributed by atoms with Crippen molar-refractivity contribution in [3.05, 3.63) is 25.0 Å². The maximum atomic E-state index is 8.68. The molecule has 1 N–H and O–H groups in total. The lowest BCUT2D eigenvalue weighted by Crippen LogP contribution is -1.81. The summed E-state index contributed by atoms with van der Waals surface area (Å²) in [6.45, 7) is 3.40. The average molecular weight is 109 g/mol. The third-order valence-corrected chi connectivity index (χ3v) is 0.752. The van der Waals surface area contributed by atoms with Gasteiger partial charge in [-0.1, -0.05) is 0 Å². The average Bonchev–Trinajstić information content (AvgIpc) is 1.77. The summed E-state index contributed by atoms with van der Waals surface area (Å²) in [6.07, 6.45) is 2.88. The van der Waals surface area contributed by atoms with Gasteiger partial charge in [-0.3, -0.25) is 4.98 Å². The number of aromatic nitrogens is 2. The van der Waals surface area contributed by atoms with Gasteiger partial charge in [-0.15, -0.1) is 0 Å². The molecule has 3 heteroatoms. The Bertz CT molecular complexity index is 167. The van der Waals surface area contributed by atoms with E-state index in [9.17, 15) is 0 Å². The second-order valence-corrected chi connectivity index (χ2v) is 1.33. The summed E-state index contributed by atoms with van der Waals surface area (Å²) in [5.74, 6) is -0.104. The van der Waals surface area contributed by atoms with E-state index in [1.165, 1.54) is 12.4 Å². The van der Waals surface area contributed by atoms with E-state index in [0.717, 1.165) is 0 Å². The molecule has 1 heterocycles. The van der Waals surface area contributed by atoms with Gasteiger partial charge in [0, 0.05) is 19.3 Å². The lowest BCUT2D eigenvalue weighted by Gasteiger charge is -1.89. The fraction of sp³-hybridized carbons (Fsp3) is 0. The molecule has 0 unspecified atom stereocenters. The van der Waals surface area contributed by atoms with Crippen LogP contribution in [0.25, 0.3) is 0 Å². The van der Waals surface area contributed by atoms with E-state index in [1.807, 2.05) is 0 Å². The van der Waals surface area contributed by atoms with E-state index < -0.39 is 0 Å². The van der Waals surface area contributed by atoms with Gasteiger partial charge in [-0.05, 0) is 0 Å². The van der Waals surface area contributed by atoms with Crippen LogP contribution in [0.4, 0.5) is 0 Å². The van der Waals surface area contributed by atoms with Gasteiger partial charge in [-0.2, -0.15) is 0 Å². The molecular formula is C5H5N2O.